The Kier molecular flexibility index (Phi) is 52.0. The molecule has 5 nitrogen and oxygen atoms in total. The van der Waals surface area contributed by atoms with Crippen LogP contribution in [0.25, 0.3) is 0 Å². The van der Waals surface area contributed by atoms with E-state index in [2.05, 4.69) is 55.6 Å². The number of hydrogen-bond acceptors (Lipinski definition) is 4. The standard InChI is InChI=1S/C58H111NO4/c1-3-5-7-9-11-13-15-17-19-21-23-24-25-26-27-28-29-30-31-32-33-34-35-37-39-41-43-45-47-49-51-53-57(62)59-55(54-60)58(63)56(61)52-50-48-46-44-42-40-38-36-22-20-18-16-14-12-10-8-6-4-2/h23-24,26-27,44,46,55-56,58,60-61,63H,3-22,25,28-43,45,47-54H2,1-2H3,(H,59,62)/b24-23-,27-26-,46-44+. The van der Waals surface area contributed by atoms with Crippen LogP contribution in [0.5, 0.6) is 0 Å². The highest BCUT2D eigenvalue weighted by Crippen LogP contribution is 2.17. The van der Waals surface area contributed by atoms with Gasteiger partial charge in [-0.15, -0.1) is 0 Å². The van der Waals surface area contributed by atoms with Gasteiger partial charge in [0.25, 0.3) is 0 Å². The maximum Gasteiger partial charge on any atom is 0.220 e. The van der Waals surface area contributed by atoms with E-state index in [1.807, 2.05) is 0 Å². The summed E-state index contributed by atoms with van der Waals surface area (Å²) in [6, 6.07) is -0.826. The summed E-state index contributed by atoms with van der Waals surface area (Å²) in [4.78, 5) is 12.5. The fourth-order valence-corrected chi connectivity index (χ4v) is 8.84. The normalized spacial score (nSPS) is 13.5. The lowest BCUT2D eigenvalue weighted by atomic mass is 10.0. The molecule has 0 aromatic rings. The Labute approximate surface area is 394 Å². The van der Waals surface area contributed by atoms with Crippen molar-refractivity contribution in [3.63, 3.8) is 0 Å². The van der Waals surface area contributed by atoms with Gasteiger partial charge in [-0.2, -0.15) is 0 Å². The van der Waals surface area contributed by atoms with Gasteiger partial charge in [-0.05, 0) is 70.6 Å². The third-order valence-electron chi connectivity index (χ3n) is 13.2. The van der Waals surface area contributed by atoms with E-state index in [4.69, 9.17) is 0 Å². The number of aliphatic hydroxyl groups is 3. The molecule has 1 amide bonds. The minimum Gasteiger partial charge on any atom is -0.394 e. The quantitative estimate of drug-likeness (QED) is 0.0362. The monoisotopic (exact) mass is 886 g/mol. The smallest absolute Gasteiger partial charge is 0.220 e. The van der Waals surface area contributed by atoms with E-state index >= 15 is 0 Å². The molecule has 0 radical (unpaired) electrons. The van der Waals surface area contributed by atoms with Gasteiger partial charge in [0.2, 0.25) is 5.91 Å². The molecule has 0 aromatic carbocycles. The second-order valence-corrected chi connectivity index (χ2v) is 19.5. The number of allylic oxidation sites excluding steroid dienone is 6. The highest BCUT2D eigenvalue weighted by molar-refractivity contribution is 5.76. The van der Waals surface area contributed by atoms with Crippen LogP contribution in [0.3, 0.4) is 0 Å². The summed E-state index contributed by atoms with van der Waals surface area (Å²) >= 11 is 0. The number of rotatable bonds is 52. The van der Waals surface area contributed by atoms with Crippen molar-refractivity contribution in [3.05, 3.63) is 36.5 Å². The molecule has 3 unspecified atom stereocenters. The van der Waals surface area contributed by atoms with Crippen LogP contribution >= 0.6 is 0 Å². The summed E-state index contributed by atoms with van der Waals surface area (Å²) in [5, 5.41) is 33.7. The number of nitrogens with one attached hydrogen (secondary N) is 1. The molecule has 3 atom stereocenters. The van der Waals surface area contributed by atoms with Gasteiger partial charge in [0.15, 0.2) is 0 Å². The van der Waals surface area contributed by atoms with Crippen LogP contribution in [0.4, 0.5) is 0 Å². The molecule has 0 saturated carbocycles. The first kappa shape index (κ1) is 61.6. The lowest BCUT2D eigenvalue weighted by Crippen LogP contribution is -2.50. The third-order valence-corrected chi connectivity index (χ3v) is 13.2. The lowest BCUT2D eigenvalue weighted by Gasteiger charge is -2.26. The Hall–Kier alpha value is -1.43. The molecule has 4 N–H and O–H groups in total. The molecule has 0 bridgehead atoms. The van der Waals surface area contributed by atoms with Crippen LogP contribution in [0.15, 0.2) is 36.5 Å². The number of amides is 1. The maximum absolute atomic E-state index is 12.5. The van der Waals surface area contributed by atoms with E-state index < -0.39 is 18.2 Å². The Bertz CT molecular complexity index is 978. The van der Waals surface area contributed by atoms with E-state index in [9.17, 15) is 20.1 Å². The Morgan fingerprint density at radius 3 is 1.02 bits per heavy atom. The van der Waals surface area contributed by atoms with Crippen molar-refractivity contribution in [2.75, 3.05) is 6.61 Å². The Morgan fingerprint density at radius 2 is 0.683 bits per heavy atom. The van der Waals surface area contributed by atoms with Crippen molar-refractivity contribution < 1.29 is 20.1 Å². The van der Waals surface area contributed by atoms with Gasteiger partial charge >= 0.3 is 0 Å². The molecule has 0 aliphatic carbocycles. The number of hydrogen-bond donors (Lipinski definition) is 4. The zero-order valence-electron chi connectivity index (χ0n) is 42.5. The number of carbonyl (C=O) groups is 1. The fourth-order valence-electron chi connectivity index (χ4n) is 8.84. The van der Waals surface area contributed by atoms with Gasteiger partial charge in [0.1, 0.15) is 6.10 Å². The van der Waals surface area contributed by atoms with Crippen LogP contribution in [0.1, 0.15) is 303 Å². The van der Waals surface area contributed by atoms with E-state index in [1.165, 1.54) is 231 Å². The molecular formula is C58H111NO4. The summed E-state index contributed by atoms with van der Waals surface area (Å²) in [5.41, 5.74) is 0. The van der Waals surface area contributed by atoms with Crippen LogP contribution in [0.2, 0.25) is 0 Å². The summed E-state index contributed by atoms with van der Waals surface area (Å²) < 4.78 is 0. The number of unbranched alkanes of at least 4 members (excludes halogenated alkanes) is 38. The average molecular weight is 887 g/mol. The minimum absolute atomic E-state index is 0.151. The maximum atomic E-state index is 12.5. The largest absolute Gasteiger partial charge is 0.394 e. The SMILES string of the molecule is CCCCCCCCCCC/C=C\C/C=C\CCCCCCCCCCCCCCCCCC(=O)NC(CO)C(O)C(O)CCC/C=C/CCCCCCCCCCCCCCC. The van der Waals surface area contributed by atoms with Crippen molar-refractivity contribution in [2.24, 2.45) is 0 Å². The summed E-state index contributed by atoms with van der Waals surface area (Å²) in [7, 11) is 0. The van der Waals surface area contributed by atoms with E-state index in [1.54, 1.807) is 0 Å². The first-order chi connectivity index (χ1) is 31.1. The molecule has 0 aliphatic heterocycles. The van der Waals surface area contributed by atoms with Gasteiger partial charge in [0.05, 0.1) is 18.8 Å². The second kappa shape index (κ2) is 53.2. The first-order valence-electron chi connectivity index (χ1n) is 28.3. The van der Waals surface area contributed by atoms with Gasteiger partial charge in [-0.1, -0.05) is 262 Å². The minimum atomic E-state index is -1.16. The van der Waals surface area contributed by atoms with Crippen LogP contribution in [-0.2, 0) is 4.79 Å². The predicted molar refractivity (Wildman–Crippen MR) is 278 cm³/mol. The molecule has 0 fully saturated rings. The Morgan fingerprint density at radius 1 is 0.397 bits per heavy atom. The van der Waals surface area contributed by atoms with Crippen molar-refractivity contribution in [1.82, 2.24) is 5.32 Å². The van der Waals surface area contributed by atoms with E-state index in [-0.39, 0.29) is 12.5 Å². The molecule has 0 heterocycles. The number of aliphatic hydroxyl groups excluding tert-OH is 3. The molecule has 63 heavy (non-hydrogen) atoms. The van der Waals surface area contributed by atoms with Crippen LogP contribution < -0.4 is 5.32 Å². The summed E-state index contributed by atoms with van der Waals surface area (Å²) in [6.07, 6.45) is 68.7. The molecule has 372 valence electrons. The van der Waals surface area contributed by atoms with Crippen molar-refractivity contribution in [1.29, 1.82) is 0 Å². The highest BCUT2D eigenvalue weighted by atomic mass is 16.3. The predicted octanol–water partition coefficient (Wildman–Crippen LogP) is 17.4. The molecule has 0 aromatic heterocycles. The van der Waals surface area contributed by atoms with Gasteiger partial charge < -0.3 is 20.6 Å². The van der Waals surface area contributed by atoms with Crippen molar-refractivity contribution in [3.8, 4) is 0 Å². The van der Waals surface area contributed by atoms with E-state index in [0.717, 1.165) is 44.9 Å². The molecular weight excluding hydrogens is 775 g/mol. The molecule has 0 rings (SSSR count). The highest BCUT2D eigenvalue weighted by Gasteiger charge is 2.26. The van der Waals surface area contributed by atoms with Crippen molar-refractivity contribution in [2.45, 2.75) is 321 Å². The average Bonchev–Trinajstić information content (AvgIpc) is 3.29. The summed E-state index contributed by atoms with van der Waals surface area (Å²) in [5.74, 6) is -0.151. The third kappa shape index (κ3) is 48.3. The van der Waals surface area contributed by atoms with Gasteiger partial charge in [0, 0.05) is 6.42 Å². The fraction of sp³-hybridized carbons (Fsp3) is 0.879. The van der Waals surface area contributed by atoms with Crippen LogP contribution in [0, 0.1) is 0 Å². The second-order valence-electron chi connectivity index (χ2n) is 19.5. The number of carbonyl (C=O) groups excluding carboxylic acids is 1. The van der Waals surface area contributed by atoms with Crippen molar-refractivity contribution >= 4 is 5.91 Å². The molecule has 0 aliphatic rings. The van der Waals surface area contributed by atoms with Gasteiger partial charge in [-0.3, -0.25) is 4.79 Å². The van der Waals surface area contributed by atoms with Crippen LogP contribution in [-0.4, -0.2) is 46.1 Å². The zero-order valence-corrected chi connectivity index (χ0v) is 42.5. The Balaban J connectivity index is 3.54. The molecule has 0 saturated heterocycles. The molecule has 0 spiro atoms. The topological polar surface area (TPSA) is 89.8 Å². The van der Waals surface area contributed by atoms with Gasteiger partial charge in [-0.25, -0.2) is 0 Å². The molecule has 5 heteroatoms. The summed E-state index contributed by atoms with van der Waals surface area (Å²) in [6.45, 7) is 4.19. The zero-order chi connectivity index (χ0) is 45.8. The lowest BCUT2D eigenvalue weighted by molar-refractivity contribution is -0.124. The van der Waals surface area contributed by atoms with E-state index in [0.29, 0.717) is 12.8 Å². The first-order valence-corrected chi connectivity index (χ1v) is 28.3.